The van der Waals surface area contributed by atoms with Crippen LogP contribution in [0.5, 0.6) is 0 Å². The molecule has 4 rings (SSSR count). The van der Waals surface area contributed by atoms with Crippen molar-refractivity contribution in [3.8, 4) is 0 Å². The molecule has 1 aliphatic carbocycles. The van der Waals surface area contributed by atoms with Crippen molar-refractivity contribution in [3.63, 3.8) is 0 Å². The molecule has 2 atom stereocenters. The van der Waals surface area contributed by atoms with Crippen molar-refractivity contribution >= 4 is 0 Å². The molecule has 0 saturated carbocycles. The Hall–Kier alpha value is -1.64. The molecule has 2 nitrogen and oxygen atoms in total. The number of benzene rings is 2. The molecule has 0 bridgehead atoms. The molecular weight excluding hydrogens is 282 g/mol. The van der Waals surface area contributed by atoms with Crippen molar-refractivity contribution in [1.29, 1.82) is 0 Å². The Kier molecular flexibility index (Phi) is 3.74. The predicted octanol–water partition coefficient (Wildman–Crippen LogP) is 3.75. The minimum absolute atomic E-state index is 0.477. The van der Waals surface area contributed by atoms with Crippen LogP contribution in [0.2, 0.25) is 0 Å². The molecule has 1 aliphatic heterocycles. The molecule has 1 N–H and O–H groups in total. The van der Waals surface area contributed by atoms with E-state index in [0.717, 1.165) is 17.5 Å². The Bertz CT molecular complexity index is 675. The molecule has 2 aromatic carbocycles. The SMILES string of the molecule is CN1CCC(C2CC(O)(c3ccccc3)c3ccccc32)CC1. The second kappa shape index (κ2) is 5.77. The van der Waals surface area contributed by atoms with Crippen LogP contribution in [-0.2, 0) is 5.60 Å². The second-order valence-corrected chi connectivity index (χ2v) is 7.26. The van der Waals surface area contributed by atoms with Crippen LogP contribution < -0.4 is 0 Å². The zero-order valence-electron chi connectivity index (χ0n) is 13.8. The fourth-order valence-electron chi connectivity index (χ4n) is 4.57. The van der Waals surface area contributed by atoms with E-state index in [-0.39, 0.29) is 0 Å². The van der Waals surface area contributed by atoms with Gasteiger partial charge in [0.2, 0.25) is 0 Å². The van der Waals surface area contributed by atoms with E-state index < -0.39 is 5.60 Å². The molecule has 1 heterocycles. The number of fused-ring (bicyclic) bond motifs is 1. The summed E-state index contributed by atoms with van der Waals surface area (Å²) in [4.78, 5) is 2.42. The van der Waals surface area contributed by atoms with E-state index in [1.807, 2.05) is 18.2 Å². The number of piperidine rings is 1. The van der Waals surface area contributed by atoms with Crippen LogP contribution in [-0.4, -0.2) is 30.1 Å². The Morgan fingerprint density at radius 3 is 2.35 bits per heavy atom. The van der Waals surface area contributed by atoms with Crippen molar-refractivity contribution < 1.29 is 5.11 Å². The normalized spacial score (nSPS) is 28.7. The minimum Gasteiger partial charge on any atom is -0.380 e. The van der Waals surface area contributed by atoms with Crippen molar-refractivity contribution in [1.82, 2.24) is 4.90 Å². The molecular formula is C21H25NO. The molecule has 1 fully saturated rings. The van der Waals surface area contributed by atoms with Gasteiger partial charge in [-0.3, -0.25) is 0 Å². The number of likely N-dealkylation sites (tertiary alicyclic amines) is 1. The maximum Gasteiger partial charge on any atom is 0.115 e. The average Bonchev–Trinajstić information content (AvgIpc) is 2.91. The first kappa shape index (κ1) is 14.9. The Balaban J connectivity index is 1.72. The highest BCUT2D eigenvalue weighted by Gasteiger charge is 2.46. The number of nitrogens with zero attached hydrogens (tertiary/aromatic N) is 1. The highest BCUT2D eigenvalue weighted by molar-refractivity contribution is 5.47. The van der Waals surface area contributed by atoms with Crippen molar-refractivity contribution in [2.45, 2.75) is 30.8 Å². The molecule has 0 amide bonds. The summed E-state index contributed by atoms with van der Waals surface area (Å²) in [6.07, 6.45) is 3.30. The van der Waals surface area contributed by atoms with Gasteiger partial charge in [-0.1, -0.05) is 54.6 Å². The first-order valence-corrected chi connectivity index (χ1v) is 8.74. The Morgan fingerprint density at radius 2 is 1.61 bits per heavy atom. The van der Waals surface area contributed by atoms with Gasteiger partial charge in [-0.05, 0) is 67.9 Å². The van der Waals surface area contributed by atoms with E-state index in [4.69, 9.17) is 0 Å². The first-order valence-electron chi connectivity index (χ1n) is 8.74. The third-order valence-electron chi connectivity index (χ3n) is 5.90. The van der Waals surface area contributed by atoms with Crippen LogP contribution in [0.25, 0.3) is 0 Å². The Morgan fingerprint density at radius 1 is 0.957 bits per heavy atom. The van der Waals surface area contributed by atoms with Crippen LogP contribution in [0.1, 0.15) is 41.9 Å². The summed E-state index contributed by atoms with van der Waals surface area (Å²) in [5.41, 5.74) is 2.69. The van der Waals surface area contributed by atoms with Crippen LogP contribution in [0.4, 0.5) is 0 Å². The molecule has 1 saturated heterocycles. The summed E-state index contributed by atoms with van der Waals surface area (Å²) in [6, 6.07) is 18.7. The average molecular weight is 307 g/mol. The summed E-state index contributed by atoms with van der Waals surface area (Å²) in [5, 5.41) is 11.6. The first-order chi connectivity index (χ1) is 11.2. The highest BCUT2D eigenvalue weighted by atomic mass is 16.3. The van der Waals surface area contributed by atoms with E-state index in [2.05, 4.69) is 48.3 Å². The van der Waals surface area contributed by atoms with Gasteiger partial charge >= 0.3 is 0 Å². The van der Waals surface area contributed by atoms with Crippen molar-refractivity contribution in [2.24, 2.45) is 5.92 Å². The zero-order valence-corrected chi connectivity index (χ0v) is 13.8. The fraction of sp³-hybridized carbons (Fsp3) is 0.429. The third-order valence-corrected chi connectivity index (χ3v) is 5.90. The van der Waals surface area contributed by atoms with Crippen molar-refractivity contribution in [3.05, 3.63) is 71.3 Å². The topological polar surface area (TPSA) is 23.5 Å². The molecule has 120 valence electrons. The van der Waals surface area contributed by atoms with Gasteiger partial charge in [0.1, 0.15) is 5.60 Å². The quantitative estimate of drug-likeness (QED) is 0.913. The molecule has 2 aromatic rings. The lowest BCUT2D eigenvalue weighted by molar-refractivity contribution is 0.0666. The molecule has 2 aliphatic rings. The minimum atomic E-state index is -0.828. The van der Waals surface area contributed by atoms with Gasteiger partial charge in [0.05, 0.1) is 0 Å². The summed E-state index contributed by atoms with van der Waals surface area (Å²) in [6.45, 7) is 2.35. The maximum atomic E-state index is 11.6. The molecule has 0 radical (unpaired) electrons. The maximum absolute atomic E-state index is 11.6. The third kappa shape index (κ3) is 2.50. The van der Waals surface area contributed by atoms with E-state index in [9.17, 15) is 5.11 Å². The fourth-order valence-corrected chi connectivity index (χ4v) is 4.57. The van der Waals surface area contributed by atoms with Gasteiger partial charge in [-0.15, -0.1) is 0 Å². The highest BCUT2D eigenvalue weighted by Crippen LogP contribution is 2.52. The van der Waals surface area contributed by atoms with Gasteiger partial charge in [0.15, 0.2) is 0 Å². The monoisotopic (exact) mass is 307 g/mol. The van der Waals surface area contributed by atoms with Gasteiger partial charge in [0.25, 0.3) is 0 Å². The van der Waals surface area contributed by atoms with Gasteiger partial charge < -0.3 is 10.0 Å². The zero-order chi connectivity index (χ0) is 15.9. The lowest BCUT2D eigenvalue weighted by atomic mass is 9.79. The molecule has 0 spiro atoms. The van der Waals surface area contributed by atoms with Crippen molar-refractivity contribution in [2.75, 3.05) is 20.1 Å². The molecule has 23 heavy (non-hydrogen) atoms. The standard InChI is InChI=1S/C21H25NO/c1-22-13-11-16(12-14-22)19-15-21(23,17-7-3-2-4-8-17)20-10-6-5-9-18(19)20/h2-10,16,19,23H,11-15H2,1H3. The molecule has 0 aromatic heterocycles. The Labute approximate surface area is 138 Å². The van der Waals surface area contributed by atoms with Crippen LogP contribution >= 0.6 is 0 Å². The summed E-state index contributed by atoms with van der Waals surface area (Å²) < 4.78 is 0. The smallest absolute Gasteiger partial charge is 0.115 e. The van der Waals surface area contributed by atoms with E-state index in [1.165, 1.54) is 31.5 Å². The van der Waals surface area contributed by atoms with Gasteiger partial charge in [-0.25, -0.2) is 0 Å². The number of aliphatic hydroxyl groups is 1. The van der Waals surface area contributed by atoms with Crippen LogP contribution in [0.15, 0.2) is 54.6 Å². The lowest BCUT2D eigenvalue weighted by Gasteiger charge is -2.34. The summed E-state index contributed by atoms with van der Waals surface area (Å²) in [5.74, 6) is 1.16. The number of hydrogen-bond donors (Lipinski definition) is 1. The van der Waals surface area contributed by atoms with Gasteiger partial charge in [0, 0.05) is 0 Å². The summed E-state index contributed by atoms with van der Waals surface area (Å²) >= 11 is 0. The van der Waals surface area contributed by atoms with Gasteiger partial charge in [-0.2, -0.15) is 0 Å². The molecule has 2 heteroatoms. The lowest BCUT2D eigenvalue weighted by Crippen LogP contribution is -2.33. The molecule has 2 unspecified atom stereocenters. The van der Waals surface area contributed by atoms with E-state index >= 15 is 0 Å². The van der Waals surface area contributed by atoms with Crippen LogP contribution in [0, 0.1) is 5.92 Å². The van der Waals surface area contributed by atoms with Crippen LogP contribution in [0.3, 0.4) is 0 Å². The number of rotatable bonds is 2. The predicted molar refractivity (Wildman–Crippen MR) is 93.5 cm³/mol. The summed E-state index contributed by atoms with van der Waals surface area (Å²) in [7, 11) is 2.21. The largest absolute Gasteiger partial charge is 0.380 e. The second-order valence-electron chi connectivity index (χ2n) is 7.26. The number of hydrogen-bond acceptors (Lipinski definition) is 2. The van der Waals surface area contributed by atoms with E-state index in [0.29, 0.717) is 11.8 Å². The van der Waals surface area contributed by atoms with E-state index in [1.54, 1.807) is 0 Å².